The van der Waals surface area contributed by atoms with E-state index >= 15 is 0 Å². The predicted molar refractivity (Wildman–Crippen MR) is 73.6 cm³/mol. The van der Waals surface area contributed by atoms with Crippen LogP contribution in [-0.4, -0.2) is 27.3 Å². The number of hydrogen-bond donors (Lipinski definition) is 1. The third-order valence-corrected chi connectivity index (χ3v) is 3.42. The highest BCUT2D eigenvalue weighted by Gasteiger charge is 2.14. The number of ketones is 1. The van der Waals surface area contributed by atoms with Gasteiger partial charge >= 0.3 is 0 Å². The quantitative estimate of drug-likeness (QED) is 0.857. The van der Waals surface area contributed by atoms with Crippen molar-refractivity contribution in [2.45, 2.75) is 13.0 Å². The lowest BCUT2D eigenvalue weighted by Gasteiger charge is -2.03. The second-order valence-electron chi connectivity index (χ2n) is 3.97. The molecule has 2 rings (SSSR count). The van der Waals surface area contributed by atoms with Crippen LogP contribution in [0.2, 0.25) is 10.0 Å². The fraction of sp³-hybridized carbons (Fsp3) is 0.250. The highest BCUT2D eigenvalue weighted by atomic mass is 35.5. The van der Waals surface area contributed by atoms with Crippen LogP contribution in [0.1, 0.15) is 16.1 Å². The predicted octanol–water partition coefficient (Wildman–Crippen LogP) is 1.97. The van der Waals surface area contributed by atoms with Crippen molar-refractivity contribution in [1.29, 1.82) is 0 Å². The number of carbonyl (C=O) groups is 1. The summed E-state index contributed by atoms with van der Waals surface area (Å²) in [4.78, 5) is 12.0. The summed E-state index contributed by atoms with van der Waals surface area (Å²) in [6, 6.07) is 5.19. The second kappa shape index (κ2) is 6.14. The molecule has 0 unspecified atom stereocenters. The maximum absolute atomic E-state index is 12.0. The Kier molecular flexibility index (Phi) is 4.52. The molecule has 100 valence electrons. The van der Waals surface area contributed by atoms with Crippen molar-refractivity contribution in [1.82, 2.24) is 15.0 Å². The number of halogens is 2. The van der Waals surface area contributed by atoms with Gasteiger partial charge in [-0.1, -0.05) is 40.5 Å². The molecule has 1 heterocycles. The average Bonchev–Trinajstić information content (AvgIpc) is 2.84. The van der Waals surface area contributed by atoms with Gasteiger partial charge in [0, 0.05) is 13.0 Å². The SMILES string of the molecule is NCCn1cc(C(=O)Cc2cccc(Cl)c2Cl)nn1. The van der Waals surface area contributed by atoms with Gasteiger partial charge in [0.2, 0.25) is 0 Å². The Labute approximate surface area is 120 Å². The van der Waals surface area contributed by atoms with Gasteiger partial charge in [0.25, 0.3) is 0 Å². The Balaban J connectivity index is 2.14. The first-order valence-corrected chi connectivity index (χ1v) is 6.43. The van der Waals surface area contributed by atoms with Crippen LogP contribution in [0.25, 0.3) is 0 Å². The molecule has 5 nitrogen and oxygen atoms in total. The van der Waals surface area contributed by atoms with Crippen molar-refractivity contribution in [3.05, 3.63) is 45.7 Å². The van der Waals surface area contributed by atoms with E-state index in [1.165, 1.54) is 4.68 Å². The maximum Gasteiger partial charge on any atom is 0.189 e. The summed E-state index contributed by atoms with van der Waals surface area (Å²) >= 11 is 11.9. The molecule has 0 fully saturated rings. The molecule has 0 aliphatic rings. The van der Waals surface area contributed by atoms with Crippen LogP contribution >= 0.6 is 23.2 Å². The molecule has 0 atom stereocenters. The summed E-state index contributed by atoms with van der Waals surface area (Å²) in [6.45, 7) is 0.968. The van der Waals surface area contributed by atoms with Gasteiger partial charge in [-0.05, 0) is 11.6 Å². The van der Waals surface area contributed by atoms with Crippen LogP contribution in [0.15, 0.2) is 24.4 Å². The smallest absolute Gasteiger partial charge is 0.189 e. The summed E-state index contributed by atoms with van der Waals surface area (Å²) in [7, 11) is 0. The van der Waals surface area contributed by atoms with E-state index in [1.54, 1.807) is 24.4 Å². The molecule has 0 saturated carbocycles. The molecule has 0 bridgehead atoms. The molecule has 0 radical (unpaired) electrons. The molecule has 0 amide bonds. The minimum Gasteiger partial charge on any atom is -0.329 e. The summed E-state index contributed by atoms with van der Waals surface area (Å²) in [6.07, 6.45) is 1.72. The number of aromatic nitrogens is 3. The van der Waals surface area contributed by atoms with Gasteiger partial charge in [0.1, 0.15) is 5.69 Å². The summed E-state index contributed by atoms with van der Waals surface area (Å²) in [5.74, 6) is -0.160. The Morgan fingerprint density at radius 3 is 2.89 bits per heavy atom. The van der Waals surface area contributed by atoms with Crippen molar-refractivity contribution in [3.8, 4) is 0 Å². The highest BCUT2D eigenvalue weighted by molar-refractivity contribution is 6.42. The fourth-order valence-electron chi connectivity index (χ4n) is 1.62. The Morgan fingerprint density at radius 2 is 2.16 bits per heavy atom. The lowest BCUT2D eigenvalue weighted by Crippen LogP contribution is -2.10. The number of nitrogens with two attached hydrogens (primary N) is 1. The molecule has 0 aliphatic carbocycles. The molecular formula is C12H12Cl2N4O. The molecule has 2 N–H and O–H groups in total. The minimum absolute atomic E-state index is 0.140. The van der Waals surface area contributed by atoms with Crippen molar-refractivity contribution in [2.75, 3.05) is 6.54 Å². The van der Waals surface area contributed by atoms with Crippen LogP contribution in [0.3, 0.4) is 0 Å². The van der Waals surface area contributed by atoms with Crippen molar-refractivity contribution in [2.24, 2.45) is 5.73 Å². The van der Waals surface area contributed by atoms with Crippen LogP contribution in [0.4, 0.5) is 0 Å². The lowest BCUT2D eigenvalue weighted by atomic mass is 10.1. The number of benzene rings is 1. The lowest BCUT2D eigenvalue weighted by molar-refractivity contribution is 0.0988. The van der Waals surface area contributed by atoms with Crippen molar-refractivity contribution < 1.29 is 4.79 Å². The van der Waals surface area contributed by atoms with E-state index in [-0.39, 0.29) is 12.2 Å². The van der Waals surface area contributed by atoms with E-state index in [0.717, 1.165) is 0 Å². The first-order valence-electron chi connectivity index (χ1n) is 5.68. The minimum atomic E-state index is -0.160. The van der Waals surface area contributed by atoms with E-state index in [9.17, 15) is 4.79 Å². The summed E-state index contributed by atoms with van der Waals surface area (Å²) in [5, 5.41) is 8.45. The molecular weight excluding hydrogens is 287 g/mol. The second-order valence-corrected chi connectivity index (χ2v) is 4.75. The van der Waals surface area contributed by atoms with Crippen LogP contribution in [0, 0.1) is 0 Å². The van der Waals surface area contributed by atoms with Crippen LogP contribution in [-0.2, 0) is 13.0 Å². The number of rotatable bonds is 5. The van der Waals surface area contributed by atoms with Crippen molar-refractivity contribution in [3.63, 3.8) is 0 Å². The Hall–Kier alpha value is -1.43. The first-order chi connectivity index (χ1) is 9.11. The zero-order valence-corrected chi connectivity index (χ0v) is 11.5. The normalized spacial score (nSPS) is 10.7. The van der Waals surface area contributed by atoms with Crippen molar-refractivity contribution >= 4 is 29.0 Å². The first kappa shape index (κ1) is 14.0. The fourth-order valence-corrected chi connectivity index (χ4v) is 2.00. The van der Waals surface area contributed by atoms with Gasteiger partial charge in [-0.3, -0.25) is 9.48 Å². The van der Waals surface area contributed by atoms with Gasteiger partial charge in [-0.2, -0.15) is 0 Å². The molecule has 1 aromatic carbocycles. The van der Waals surface area contributed by atoms with E-state index in [0.29, 0.717) is 34.4 Å². The zero-order valence-electron chi connectivity index (χ0n) is 10.0. The van der Waals surface area contributed by atoms with Gasteiger partial charge < -0.3 is 5.73 Å². The molecule has 0 aliphatic heterocycles. The molecule has 0 spiro atoms. The van der Waals surface area contributed by atoms with Crippen LogP contribution < -0.4 is 5.73 Å². The zero-order chi connectivity index (χ0) is 13.8. The third kappa shape index (κ3) is 3.32. The van der Waals surface area contributed by atoms with Gasteiger partial charge in [-0.15, -0.1) is 5.10 Å². The van der Waals surface area contributed by atoms with E-state index < -0.39 is 0 Å². The number of hydrogen-bond acceptors (Lipinski definition) is 4. The maximum atomic E-state index is 12.0. The number of nitrogens with zero attached hydrogens (tertiary/aromatic N) is 3. The van der Waals surface area contributed by atoms with Gasteiger partial charge in [0.05, 0.1) is 22.8 Å². The van der Waals surface area contributed by atoms with Gasteiger partial charge in [0.15, 0.2) is 5.78 Å². The third-order valence-electron chi connectivity index (χ3n) is 2.57. The molecule has 2 aromatic rings. The largest absolute Gasteiger partial charge is 0.329 e. The van der Waals surface area contributed by atoms with E-state index in [1.807, 2.05) is 0 Å². The van der Waals surface area contributed by atoms with Crippen LogP contribution in [0.5, 0.6) is 0 Å². The summed E-state index contributed by atoms with van der Waals surface area (Å²) in [5.41, 5.74) is 6.37. The average molecular weight is 299 g/mol. The highest BCUT2D eigenvalue weighted by Crippen LogP contribution is 2.26. The molecule has 0 saturated heterocycles. The van der Waals surface area contributed by atoms with E-state index in [2.05, 4.69) is 10.3 Å². The number of carbonyl (C=O) groups excluding carboxylic acids is 1. The number of Topliss-reactive ketones (excluding diaryl/α,β-unsaturated/α-hetero) is 1. The summed E-state index contributed by atoms with van der Waals surface area (Å²) < 4.78 is 1.53. The Bertz CT molecular complexity index is 597. The molecule has 1 aromatic heterocycles. The van der Waals surface area contributed by atoms with Gasteiger partial charge in [-0.25, -0.2) is 0 Å². The topological polar surface area (TPSA) is 73.8 Å². The standard InChI is InChI=1S/C12H12Cl2N4O/c13-9-3-1-2-8(12(9)14)6-11(19)10-7-18(5-4-15)17-16-10/h1-3,7H,4-6,15H2. The Morgan fingerprint density at radius 1 is 1.37 bits per heavy atom. The molecule has 7 heteroatoms. The molecule has 19 heavy (non-hydrogen) atoms. The monoisotopic (exact) mass is 298 g/mol. The van der Waals surface area contributed by atoms with E-state index in [4.69, 9.17) is 28.9 Å².